The third kappa shape index (κ3) is 9.13. The Hall–Kier alpha value is -4.90. The van der Waals surface area contributed by atoms with Crippen LogP contribution in [0.1, 0.15) is 37.5 Å². The van der Waals surface area contributed by atoms with Crippen LogP contribution in [0.4, 0.5) is 10.1 Å². The van der Waals surface area contributed by atoms with E-state index in [0.29, 0.717) is 5.75 Å². The number of rotatable bonds is 13. The van der Waals surface area contributed by atoms with E-state index >= 15 is 0 Å². The normalized spacial score (nSPS) is 12.1. The molecule has 4 aromatic carbocycles. The van der Waals surface area contributed by atoms with Crippen LogP contribution >= 0.6 is 0 Å². The summed E-state index contributed by atoms with van der Waals surface area (Å²) in [6.07, 6.45) is 0.180. The number of nitrogens with zero attached hydrogens (tertiary/aromatic N) is 2. The van der Waals surface area contributed by atoms with Crippen LogP contribution in [0.5, 0.6) is 11.5 Å². The molecule has 0 heterocycles. The van der Waals surface area contributed by atoms with E-state index < -0.39 is 39.9 Å². The number of amides is 2. The van der Waals surface area contributed by atoms with Crippen LogP contribution in [0.25, 0.3) is 0 Å². The maximum absolute atomic E-state index is 14.6. The quantitative estimate of drug-likeness (QED) is 0.189. The van der Waals surface area contributed by atoms with Crippen LogP contribution < -0.4 is 19.1 Å². The molecule has 0 aliphatic carbocycles. The minimum absolute atomic E-state index is 0.0296. The SMILES string of the molecule is COc1ccc(S(=O)(=O)N(CC(=O)N(Cc2ccc(C)cc2)C(Cc2ccccc2)C(=O)NC(C)(C)C)c2ccc(F)cc2)cc1OC. The third-order valence-electron chi connectivity index (χ3n) is 7.58. The Balaban J connectivity index is 1.83. The number of hydrogen-bond acceptors (Lipinski definition) is 6. The highest BCUT2D eigenvalue weighted by Crippen LogP contribution is 2.32. The summed E-state index contributed by atoms with van der Waals surface area (Å²) in [7, 11) is -1.62. The molecule has 1 atom stereocenters. The summed E-state index contributed by atoms with van der Waals surface area (Å²) in [5.74, 6) is -1.10. The number of carbonyl (C=O) groups excluding carboxylic acids is 2. The van der Waals surface area contributed by atoms with E-state index in [0.717, 1.165) is 33.1 Å². The molecule has 0 aliphatic heterocycles. The number of halogens is 1. The molecule has 4 rings (SSSR count). The summed E-state index contributed by atoms with van der Waals surface area (Å²) in [4.78, 5) is 29.8. The predicted molar refractivity (Wildman–Crippen MR) is 184 cm³/mol. The van der Waals surface area contributed by atoms with Crippen molar-refractivity contribution >= 4 is 27.5 Å². The number of aryl methyl sites for hydroxylation is 1. The summed E-state index contributed by atoms with van der Waals surface area (Å²) in [5, 5.41) is 3.01. The molecular weight excluding hydrogens is 633 g/mol. The molecule has 11 heteroatoms. The Bertz CT molecular complexity index is 1810. The number of hydrogen-bond donors (Lipinski definition) is 1. The fraction of sp³-hybridized carbons (Fsp3) is 0.297. The van der Waals surface area contributed by atoms with E-state index in [1.165, 1.54) is 49.5 Å². The van der Waals surface area contributed by atoms with Gasteiger partial charge in [-0.15, -0.1) is 0 Å². The molecule has 0 fully saturated rings. The molecule has 254 valence electrons. The largest absolute Gasteiger partial charge is 0.493 e. The third-order valence-corrected chi connectivity index (χ3v) is 9.35. The minimum atomic E-state index is -4.44. The first-order valence-electron chi connectivity index (χ1n) is 15.4. The molecule has 0 aromatic heterocycles. The van der Waals surface area contributed by atoms with Crippen LogP contribution in [0.15, 0.2) is 102 Å². The van der Waals surface area contributed by atoms with E-state index in [4.69, 9.17) is 9.47 Å². The molecule has 48 heavy (non-hydrogen) atoms. The molecule has 9 nitrogen and oxygen atoms in total. The number of carbonyl (C=O) groups is 2. The van der Waals surface area contributed by atoms with E-state index in [-0.39, 0.29) is 35.2 Å². The number of ether oxygens (including phenoxy) is 2. The summed E-state index contributed by atoms with van der Waals surface area (Å²) in [6, 6.07) is 24.8. The maximum Gasteiger partial charge on any atom is 0.264 e. The van der Waals surface area contributed by atoms with Crippen molar-refractivity contribution in [2.24, 2.45) is 0 Å². The van der Waals surface area contributed by atoms with Crippen molar-refractivity contribution < 1.29 is 31.9 Å². The lowest BCUT2D eigenvalue weighted by Gasteiger charge is -2.35. The van der Waals surface area contributed by atoms with Gasteiger partial charge in [-0.2, -0.15) is 0 Å². The van der Waals surface area contributed by atoms with Gasteiger partial charge in [0.15, 0.2) is 11.5 Å². The second-order valence-electron chi connectivity index (χ2n) is 12.5. The number of benzene rings is 4. The molecule has 0 radical (unpaired) electrons. The van der Waals surface area contributed by atoms with E-state index in [1.807, 2.05) is 82.3 Å². The Morgan fingerprint density at radius 2 is 1.46 bits per heavy atom. The fourth-order valence-electron chi connectivity index (χ4n) is 5.14. The van der Waals surface area contributed by atoms with Crippen molar-refractivity contribution in [3.63, 3.8) is 0 Å². The predicted octanol–water partition coefficient (Wildman–Crippen LogP) is 5.90. The van der Waals surface area contributed by atoms with Gasteiger partial charge in [-0.05, 0) is 75.2 Å². The second kappa shape index (κ2) is 15.3. The van der Waals surface area contributed by atoms with Crippen LogP contribution in [0.3, 0.4) is 0 Å². The van der Waals surface area contributed by atoms with Crippen molar-refractivity contribution in [2.45, 2.75) is 57.1 Å². The average molecular weight is 676 g/mol. The van der Waals surface area contributed by atoms with Gasteiger partial charge in [0, 0.05) is 24.6 Å². The standard InChI is InChI=1S/C37H42FN3O6S/c1-26-12-14-28(15-13-26)24-40(32(36(43)39-37(2,3)4)22-27-10-8-7-9-11-27)35(42)25-41(30-18-16-29(38)17-19-30)48(44,45)31-20-21-33(46-5)34(23-31)47-6/h7-21,23,32H,22,24-25H2,1-6H3,(H,39,43). The van der Waals surface area contributed by atoms with Gasteiger partial charge in [-0.3, -0.25) is 13.9 Å². The Morgan fingerprint density at radius 3 is 2.04 bits per heavy atom. The van der Waals surface area contributed by atoms with Gasteiger partial charge in [-0.1, -0.05) is 60.2 Å². The first-order chi connectivity index (χ1) is 22.7. The molecule has 2 amide bonds. The molecular formula is C37H42FN3O6S. The van der Waals surface area contributed by atoms with Gasteiger partial charge >= 0.3 is 0 Å². The number of nitrogens with one attached hydrogen (secondary N) is 1. The molecule has 0 bridgehead atoms. The van der Waals surface area contributed by atoms with Gasteiger partial charge in [0.25, 0.3) is 10.0 Å². The lowest BCUT2D eigenvalue weighted by Crippen LogP contribution is -2.56. The van der Waals surface area contributed by atoms with Crippen LogP contribution in [0, 0.1) is 12.7 Å². The zero-order valence-electron chi connectivity index (χ0n) is 28.1. The first-order valence-corrected chi connectivity index (χ1v) is 16.9. The summed E-state index contributed by atoms with van der Waals surface area (Å²) >= 11 is 0. The summed E-state index contributed by atoms with van der Waals surface area (Å²) < 4.78 is 54.2. The molecule has 4 aromatic rings. The summed E-state index contributed by atoms with van der Waals surface area (Å²) in [5.41, 5.74) is 2.05. The van der Waals surface area contributed by atoms with Gasteiger partial charge in [-0.25, -0.2) is 12.8 Å². The zero-order chi connectivity index (χ0) is 35.1. The number of methoxy groups -OCH3 is 2. The highest BCUT2D eigenvalue weighted by atomic mass is 32.2. The maximum atomic E-state index is 14.6. The topological polar surface area (TPSA) is 105 Å². The van der Waals surface area contributed by atoms with Crippen molar-refractivity contribution in [1.29, 1.82) is 0 Å². The summed E-state index contributed by atoms with van der Waals surface area (Å²) in [6.45, 7) is 6.85. The molecule has 1 unspecified atom stereocenters. The van der Waals surface area contributed by atoms with Crippen molar-refractivity contribution in [1.82, 2.24) is 10.2 Å². The average Bonchev–Trinajstić information content (AvgIpc) is 3.05. The second-order valence-corrected chi connectivity index (χ2v) is 14.3. The lowest BCUT2D eigenvalue weighted by atomic mass is 10.0. The molecule has 0 aliphatic rings. The van der Waals surface area contributed by atoms with Crippen molar-refractivity contribution in [3.8, 4) is 11.5 Å². The monoisotopic (exact) mass is 675 g/mol. The van der Waals surface area contributed by atoms with E-state index in [2.05, 4.69) is 5.32 Å². The first kappa shape index (κ1) is 35.9. The van der Waals surface area contributed by atoms with Crippen LogP contribution in [-0.4, -0.2) is 57.5 Å². The van der Waals surface area contributed by atoms with Crippen LogP contribution in [0.2, 0.25) is 0 Å². The van der Waals surface area contributed by atoms with Gasteiger partial charge < -0.3 is 19.7 Å². The highest BCUT2D eigenvalue weighted by Gasteiger charge is 2.36. The molecule has 1 N–H and O–H groups in total. The molecule has 0 saturated heterocycles. The van der Waals surface area contributed by atoms with Crippen LogP contribution in [-0.2, 0) is 32.6 Å². The van der Waals surface area contributed by atoms with Gasteiger partial charge in [0.1, 0.15) is 18.4 Å². The Labute approximate surface area is 282 Å². The zero-order valence-corrected chi connectivity index (χ0v) is 28.9. The van der Waals surface area contributed by atoms with E-state index in [1.54, 1.807) is 0 Å². The van der Waals surface area contributed by atoms with E-state index in [9.17, 15) is 22.4 Å². The van der Waals surface area contributed by atoms with Crippen molar-refractivity contribution in [3.05, 3.63) is 120 Å². The van der Waals surface area contributed by atoms with Crippen molar-refractivity contribution in [2.75, 3.05) is 25.1 Å². The van der Waals surface area contributed by atoms with Gasteiger partial charge in [0.05, 0.1) is 24.8 Å². The minimum Gasteiger partial charge on any atom is -0.493 e. The number of anilines is 1. The molecule has 0 spiro atoms. The Kier molecular flexibility index (Phi) is 11.5. The molecule has 0 saturated carbocycles. The smallest absolute Gasteiger partial charge is 0.264 e. The highest BCUT2D eigenvalue weighted by molar-refractivity contribution is 7.92. The number of sulfonamides is 1. The lowest BCUT2D eigenvalue weighted by molar-refractivity contribution is -0.140. The van der Waals surface area contributed by atoms with Gasteiger partial charge in [0.2, 0.25) is 11.8 Å². The Morgan fingerprint density at radius 1 is 0.833 bits per heavy atom. The fourth-order valence-corrected chi connectivity index (χ4v) is 6.57.